The lowest BCUT2D eigenvalue weighted by atomic mass is 9.66. The Morgan fingerprint density at radius 1 is 0.321 bits per heavy atom. The van der Waals surface area contributed by atoms with E-state index in [1.54, 1.807) is 0 Å². The van der Waals surface area contributed by atoms with E-state index in [-0.39, 0.29) is 16.2 Å². The molecule has 0 N–H and O–H groups in total. The third kappa shape index (κ3) is 7.33. The van der Waals surface area contributed by atoms with Crippen molar-refractivity contribution >= 4 is 51.2 Å². The quantitative estimate of drug-likeness (QED) is 0.150. The largest absolute Gasteiger partial charge is 0.310 e. The van der Waals surface area contributed by atoms with Gasteiger partial charge in [-0.1, -0.05) is 213 Å². The maximum absolute atomic E-state index is 2.58. The first kappa shape index (κ1) is 49.1. The van der Waals surface area contributed by atoms with Crippen LogP contribution >= 0.6 is 0 Å². The summed E-state index contributed by atoms with van der Waals surface area (Å²) in [7, 11) is 0. The van der Waals surface area contributed by atoms with Crippen LogP contribution in [-0.4, -0.2) is 0 Å². The highest BCUT2D eigenvalue weighted by Crippen LogP contribution is 2.62. The highest BCUT2D eigenvalue weighted by atomic mass is 15.2. The number of allylic oxidation sites excluding steroid dienone is 4. The number of fused-ring (bicyclic) bond motifs is 10. The van der Waals surface area contributed by atoms with Crippen LogP contribution in [0.1, 0.15) is 106 Å². The number of rotatable bonds is 8. The highest BCUT2D eigenvalue weighted by molar-refractivity contribution is 5.96. The lowest BCUT2D eigenvalue weighted by Crippen LogP contribution is -2.38. The van der Waals surface area contributed by atoms with Crippen LogP contribution in [0.3, 0.4) is 0 Å². The van der Waals surface area contributed by atoms with Crippen LogP contribution < -0.4 is 14.7 Å². The summed E-state index contributed by atoms with van der Waals surface area (Å²) in [5, 5.41) is 0. The first-order chi connectivity index (χ1) is 39.2. The first-order valence-corrected chi connectivity index (χ1v) is 29.1. The molecule has 0 radical (unpaired) electrons. The summed E-state index contributed by atoms with van der Waals surface area (Å²) in [6.45, 7) is 19.3. The summed E-state index contributed by atoms with van der Waals surface area (Å²) in [6.07, 6.45) is 9.25. The minimum absolute atomic E-state index is 0.0534. The second-order valence-corrected chi connectivity index (χ2v) is 25.4. The summed E-state index contributed by atoms with van der Waals surface area (Å²) < 4.78 is 0. The molecule has 10 aromatic carbocycles. The first-order valence-electron chi connectivity index (χ1n) is 29.1. The molecular formula is C78H67N3. The molecule has 2 aliphatic heterocycles. The summed E-state index contributed by atoms with van der Waals surface area (Å²) in [5.41, 5.74) is 28.3. The third-order valence-electron chi connectivity index (χ3n) is 19.5. The molecule has 2 heterocycles. The molecule has 0 aromatic heterocycles. The standard InChI is InChI=1S/C78H67N3/c1-75(2)64-27-17-15-25-60(64)62-42-35-52(45-67(62)75)50-31-37-56(38-32-50)79(54-21-11-9-12-22-54)58-41-44-73-69(47-58)78(7,8)71-49-59(48-70-74(71)81(73)72-30-20-19-29-66(72)77(70,5)6)80(55-23-13-10-14-24-55)57-39-33-51(34-40-57)53-36-43-63-61-26-16-18-28-65(61)76(3,4)68(63)46-53/h9-49,61,65H,1-8H3/t61-,65?/m1/s1. The molecule has 0 fully saturated rings. The number of nitrogens with zero attached hydrogens (tertiary/aromatic N) is 3. The van der Waals surface area contributed by atoms with Crippen LogP contribution in [0.4, 0.5) is 51.2 Å². The van der Waals surface area contributed by atoms with Crippen molar-refractivity contribution in [2.24, 2.45) is 5.92 Å². The van der Waals surface area contributed by atoms with E-state index in [9.17, 15) is 0 Å². The molecule has 10 aromatic rings. The number of hydrogen-bond acceptors (Lipinski definition) is 3. The molecule has 3 nitrogen and oxygen atoms in total. The summed E-state index contributed by atoms with van der Waals surface area (Å²) in [5.74, 6) is 0.913. The minimum Gasteiger partial charge on any atom is -0.310 e. The van der Waals surface area contributed by atoms with Gasteiger partial charge in [0.25, 0.3) is 0 Å². The molecule has 5 aliphatic rings. The second kappa shape index (κ2) is 17.8. The van der Waals surface area contributed by atoms with Gasteiger partial charge in [-0.15, -0.1) is 0 Å². The Balaban J connectivity index is 0.842. The van der Waals surface area contributed by atoms with E-state index in [0.29, 0.717) is 11.8 Å². The van der Waals surface area contributed by atoms with Gasteiger partial charge in [-0.2, -0.15) is 0 Å². The third-order valence-corrected chi connectivity index (χ3v) is 19.5. The van der Waals surface area contributed by atoms with Gasteiger partial charge in [0.2, 0.25) is 0 Å². The molecular weight excluding hydrogens is 979 g/mol. The predicted octanol–water partition coefficient (Wildman–Crippen LogP) is 21.1. The maximum Gasteiger partial charge on any atom is 0.0545 e. The van der Waals surface area contributed by atoms with Crippen molar-refractivity contribution in [1.82, 2.24) is 0 Å². The molecule has 394 valence electrons. The molecule has 0 bridgehead atoms. The zero-order valence-corrected chi connectivity index (χ0v) is 47.7. The highest BCUT2D eigenvalue weighted by Gasteiger charge is 2.47. The van der Waals surface area contributed by atoms with Crippen molar-refractivity contribution in [2.45, 2.75) is 83.0 Å². The monoisotopic (exact) mass is 1050 g/mol. The average Bonchev–Trinajstić information content (AvgIpc) is 4.06. The normalized spacial score (nSPS) is 18.1. The number of benzene rings is 10. The fourth-order valence-corrected chi connectivity index (χ4v) is 15.1. The molecule has 15 rings (SSSR count). The Bertz CT molecular complexity index is 4230. The van der Waals surface area contributed by atoms with Crippen LogP contribution in [0.15, 0.2) is 249 Å². The molecule has 2 atom stereocenters. The molecule has 0 spiro atoms. The van der Waals surface area contributed by atoms with Crippen molar-refractivity contribution in [1.29, 1.82) is 0 Å². The van der Waals surface area contributed by atoms with Gasteiger partial charge in [0.05, 0.1) is 17.1 Å². The smallest absolute Gasteiger partial charge is 0.0545 e. The molecule has 1 unspecified atom stereocenters. The fourth-order valence-electron chi connectivity index (χ4n) is 15.1. The summed E-state index contributed by atoms with van der Waals surface area (Å²) in [6, 6.07) is 84.7. The zero-order valence-electron chi connectivity index (χ0n) is 47.7. The second-order valence-electron chi connectivity index (χ2n) is 25.4. The van der Waals surface area contributed by atoms with E-state index in [2.05, 4.69) is 319 Å². The van der Waals surface area contributed by atoms with Crippen molar-refractivity contribution in [3.05, 3.63) is 293 Å². The van der Waals surface area contributed by atoms with E-state index >= 15 is 0 Å². The number of anilines is 9. The average molecular weight is 1050 g/mol. The number of para-hydroxylation sites is 3. The van der Waals surface area contributed by atoms with Gasteiger partial charge in [-0.3, -0.25) is 0 Å². The van der Waals surface area contributed by atoms with Crippen LogP contribution in [-0.2, 0) is 21.7 Å². The van der Waals surface area contributed by atoms with Crippen molar-refractivity contribution in [3.8, 4) is 33.4 Å². The van der Waals surface area contributed by atoms with Crippen molar-refractivity contribution in [3.63, 3.8) is 0 Å². The number of hydrogen-bond donors (Lipinski definition) is 0. The van der Waals surface area contributed by atoms with Crippen molar-refractivity contribution in [2.75, 3.05) is 14.7 Å². The Labute approximate surface area is 478 Å². The molecule has 0 saturated carbocycles. The zero-order chi connectivity index (χ0) is 55.2. The summed E-state index contributed by atoms with van der Waals surface area (Å²) in [4.78, 5) is 7.49. The van der Waals surface area contributed by atoms with E-state index in [1.807, 2.05) is 0 Å². The molecule has 81 heavy (non-hydrogen) atoms. The van der Waals surface area contributed by atoms with Crippen LogP contribution in [0.2, 0.25) is 0 Å². The Morgan fingerprint density at radius 3 is 1.43 bits per heavy atom. The van der Waals surface area contributed by atoms with Gasteiger partial charge >= 0.3 is 0 Å². The lowest BCUT2D eigenvalue weighted by Gasteiger charge is -2.50. The molecule has 0 saturated heterocycles. The molecule has 3 heteroatoms. The lowest BCUT2D eigenvalue weighted by molar-refractivity contribution is 0.394. The van der Waals surface area contributed by atoms with E-state index in [4.69, 9.17) is 0 Å². The van der Waals surface area contributed by atoms with Gasteiger partial charge in [0, 0.05) is 56.3 Å². The van der Waals surface area contributed by atoms with E-state index in [1.165, 1.54) is 95.0 Å². The van der Waals surface area contributed by atoms with Gasteiger partial charge in [0.1, 0.15) is 0 Å². The minimum atomic E-state index is -0.409. The van der Waals surface area contributed by atoms with Gasteiger partial charge in [-0.05, 0) is 180 Å². The van der Waals surface area contributed by atoms with Gasteiger partial charge in [-0.25, -0.2) is 0 Å². The van der Waals surface area contributed by atoms with E-state index < -0.39 is 5.41 Å². The predicted molar refractivity (Wildman–Crippen MR) is 341 cm³/mol. The Hall–Kier alpha value is -8.92. The Kier molecular flexibility index (Phi) is 10.8. The molecule has 3 aliphatic carbocycles. The SMILES string of the molecule is CC1(C)c2ccccc2-c2ccc(-c3ccc(N(c4ccccc4)c4ccc5c(c4)C(C)(C)c4cc(N(c6ccccc6)c6ccc(-c7ccc8c(c7)C(C)(C)C7C=CC=C[C@H]87)cc6)cc6c4N5c4ccccc4C6(C)C)cc3)cc21. The maximum atomic E-state index is 2.58. The van der Waals surface area contributed by atoms with Crippen LogP contribution in [0.5, 0.6) is 0 Å². The Morgan fingerprint density at radius 2 is 0.778 bits per heavy atom. The summed E-state index contributed by atoms with van der Waals surface area (Å²) >= 11 is 0. The fraction of sp³-hybridized carbons (Fsp3) is 0.179. The topological polar surface area (TPSA) is 9.72 Å². The van der Waals surface area contributed by atoms with Crippen LogP contribution in [0, 0.1) is 5.92 Å². The van der Waals surface area contributed by atoms with Gasteiger partial charge < -0.3 is 14.7 Å². The van der Waals surface area contributed by atoms with Crippen molar-refractivity contribution < 1.29 is 0 Å². The van der Waals surface area contributed by atoms with E-state index in [0.717, 1.165) is 34.1 Å². The van der Waals surface area contributed by atoms with Gasteiger partial charge in [0.15, 0.2) is 0 Å². The van der Waals surface area contributed by atoms with Crippen LogP contribution in [0.25, 0.3) is 33.4 Å². The molecule has 0 amide bonds.